The Morgan fingerprint density at radius 1 is 1.48 bits per heavy atom. The van der Waals surface area contributed by atoms with Crippen molar-refractivity contribution in [1.82, 2.24) is 10.2 Å². The maximum absolute atomic E-state index is 12.2. The van der Waals surface area contributed by atoms with Crippen LogP contribution in [0, 0.1) is 11.8 Å². The van der Waals surface area contributed by atoms with Crippen molar-refractivity contribution in [3.8, 4) is 0 Å². The minimum atomic E-state index is -0.822. The lowest BCUT2D eigenvalue weighted by Crippen LogP contribution is -2.44. The second kappa shape index (κ2) is 6.05. The number of hydrogen-bond donors (Lipinski definition) is 2. The maximum atomic E-state index is 12.2. The van der Waals surface area contributed by atoms with E-state index in [2.05, 4.69) is 25.2 Å². The minimum absolute atomic E-state index is 0.00134. The Kier molecular flexibility index (Phi) is 4.56. The fourth-order valence-corrected chi connectivity index (χ4v) is 3.47. The van der Waals surface area contributed by atoms with Gasteiger partial charge < -0.3 is 15.3 Å². The van der Waals surface area contributed by atoms with Crippen LogP contribution in [0.4, 0.5) is 4.79 Å². The summed E-state index contributed by atoms with van der Waals surface area (Å²) in [5, 5.41) is 14.1. The number of rotatable bonds is 4. The van der Waals surface area contributed by atoms with Crippen LogP contribution in [0.15, 0.2) is 17.5 Å². The van der Waals surface area contributed by atoms with E-state index in [0.717, 1.165) is 0 Å². The van der Waals surface area contributed by atoms with Crippen LogP contribution in [0.3, 0.4) is 0 Å². The number of carboxylic acid groups (broad SMARTS) is 1. The molecule has 1 aromatic heterocycles. The molecule has 0 saturated carbocycles. The molecule has 1 fully saturated rings. The Hall–Kier alpha value is -1.56. The van der Waals surface area contributed by atoms with Crippen molar-refractivity contribution in [1.29, 1.82) is 0 Å². The molecule has 2 atom stereocenters. The van der Waals surface area contributed by atoms with Crippen molar-refractivity contribution in [2.24, 2.45) is 11.8 Å². The van der Waals surface area contributed by atoms with Crippen molar-refractivity contribution < 1.29 is 14.7 Å². The number of nitrogens with zero attached hydrogens (tertiary/aromatic N) is 1. The molecule has 2 unspecified atom stereocenters. The number of aliphatic carboxylic acids is 1. The van der Waals surface area contributed by atoms with Gasteiger partial charge in [-0.15, -0.1) is 11.3 Å². The summed E-state index contributed by atoms with van der Waals surface area (Å²) in [6.07, 6.45) is 0. The van der Waals surface area contributed by atoms with Crippen molar-refractivity contribution in [3.05, 3.63) is 22.4 Å². The van der Waals surface area contributed by atoms with Gasteiger partial charge in [-0.05, 0) is 17.4 Å². The monoisotopic (exact) mass is 310 g/mol. The smallest absolute Gasteiger partial charge is 0.317 e. The number of likely N-dealkylation sites (tertiary alicyclic amines) is 1. The van der Waals surface area contributed by atoms with Gasteiger partial charge in [0.05, 0.1) is 5.92 Å². The predicted molar refractivity (Wildman–Crippen MR) is 82.6 cm³/mol. The van der Waals surface area contributed by atoms with Crippen molar-refractivity contribution >= 4 is 23.3 Å². The molecule has 2 N–H and O–H groups in total. The van der Waals surface area contributed by atoms with Crippen LogP contribution in [-0.4, -0.2) is 41.6 Å². The highest BCUT2D eigenvalue weighted by Gasteiger charge is 2.37. The quantitative estimate of drug-likeness (QED) is 0.897. The lowest BCUT2D eigenvalue weighted by molar-refractivity contribution is -0.142. The molecular weight excluding hydrogens is 288 g/mol. The first-order valence-corrected chi connectivity index (χ1v) is 7.99. The second-order valence-electron chi connectivity index (χ2n) is 6.35. The lowest BCUT2D eigenvalue weighted by Gasteiger charge is -2.25. The van der Waals surface area contributed by atoms with Gasteiger partial charge in [-0.25, -0.2) is 4.79 Å². The Morgan fingerprint density at radius 2 is 2.19 bits per heavy atom. The van der Waals surface area contributed by atoms with Crippen molar-refractivity contribution in [2.75, 3.05) is 19.6 Å². The first-order chi connectivity index (χ1) is 9.81. The van der Waals surface area contributed by atoms with Gasteiger partial charge in [0, 0.05) is 29.9 Å². The number of hydrogen-bond acceptors (Lipinski definition) is 3. The zero-order chi connectivity index (χ0) is 15.6. The zero-order valence-corrected chi connectivity index (χ0v) is 13.4. The van der Waals surface area contributed by atoms with E-state index in [0.29, 0.717) is 19.6 Å². The Bertz CT molecular complexity index is 513. The van der Waals surface area contributed by atoms with Crippen LogP contribution in [-0.2, 0) is 10.2 Å². The Labute approximate surface area is 129 Å². The zero-order valence-electron chi connectivity index (χ0n) is 12.6. The first-order valence-electron chi connectivity index (χ1n) is 7.11. The molecule has 0 radical (unpaired) electrons. The molecule has 1 aliphatic heterocycles. The standard InChI is InChI=1S/C15H22N2O3S/c1-10-7-17(8-11(10)13(18)19)14(20)16-9-15(2,3)12-5-4-6-21-12/h4-6,10-11H,7-9H2,1-3H3,(H,16,20)(H,18,19). The molecule has 0 bridgehead atoms. The van der Waals surface area contributed by atoms with Crippen molar-refractivity contribution in [3.63, 3.8) is 0 Å². The average Bonchev–Trinajstić information content (AvgIpc) is 3.05. The topological polar surface area (TPSA) is 69.6 Å². The summed E-state index contributed by atoms with van der Waals surface area (Å²) in [5.74, 6) is -1.28. The molecule has 6 heteroatoms. The van der Waals surface area contributed by atoms with E-state index in [1.165, 1.54) is 4.88 Å². The van der Waals surface area contributed by atoms with Gasteiger partial charge >= 0.3 is 12.0 Å². The van der Waals surface area contributed by atoms with Crippen LogP contribution in [0.1, 0.15) is 25.6 Å². The number of carboxylic acids is 1. The number of nitrogens with one attached hydrogen (secondary N) is 1. The summed E-state index contributed by atoms with van der Waals surface area (Å²) in [4.78, 5) is 26.1. The van der Waals surface area contributed by atoms with Gasteiger partial charge in [0.1, 0.15) is 0 Å². The lowest BCUT2D eigenvalue weighted by atomic mass is 9.91. The van der Waals surface area contributed by atoms with Gasteiger partial charge in [0.2, 0.25) is 0 Å². The Balaban J connectivity index is 1.90. The van der Waals surface area contributed by atoms with Crippen molar-refractivity contribution in [2.45, 2.75) is 26.2 Å². The van der Waals surface area contributed by atoms with E-state index < -0.39 is 11.9 Å². The molecule has 0 aromatic carbocycles. The van der Waals surface area contributed by atoms with E-state index in [1.807, 2.05) is 18.4 Å². The fraction of sp³-hybridized carbons (Fsp3) is 0.600. The second-order valence-corrected chi connectivity index (χ2v) is 7.29. The highest BCUT2D eigenvalue weighted by molar-refractivity contribution is 7.10. The third-order valence-corrected chi connectivity index (χ3v) is 5.32. The molecule has 116 valence electrons. The van der Waals surface area contributed by atoms with Gasteiger partial charge in [-0.3, -0.25) is 4.79 Å². The predicted octanol–water partition coefficient (Wildman–Crippen LogP) is 2.39. The highest BCUT2D eigenvalue weighted by Crippen LogP contribution is 2.27. The van der Waals surface area contributed by atoms with Crippen LogP contribution in [0.2, 0.25) is 0 Å². The number of thiophene rings is 1. The molecule has 1 aliphatic rings. The Morgan fingerprint density at radius 3 is 2.71 bits per heavy atom. The SMILES string of the molecule is CC1CN(C(=O)NCC(C)(C)c2cccs2)CC1C(=O)O. The summed E-state index contributed by atoms with van der Waals surface area (Å²) in [6.45, 7) is 7.39. The first kappa shape index (κ1) is 15.8. The van der Waals surface area contributed by atoms with Crippen LogP contribution < -0.4 is 5.32 Å². The summed E-state index contributed by atoms with van der Waals surface area (Å²) in [6, 6.07) is 3.90. The van der Waals surface area contributed by atoms with Crippen LogP contribution >= 0.6 is 11.3 Å². The number of carbonyl (C=O) groups is 2. The van der Waals surface area contributed by atoms with E-state index >= 15 is 0 Å². The minimum Gasteiger partial charge on any atom is -0.481 e. The molecule has 1 aromatic rings. The molecule has 2 rings (SSSR count). The molecule has 2 amide bonds. The largest absolute Gasteiger partial charge is 0.481 e. The summed E-state index contributed by atoms with van der Waals surface area (Å²) in [5.41, 5.74) is -0.124. The van der Waals surface area contributed by atoms with E-state index in [-0.39, 0.29) is 17.4 Å². The van der Waals surface area contributed by atoms with E-state index in [4.69, 9.17) is 5.11 Å². The number of urea groups is 1. The average molecular weight is 310 g/mol. The third-order valence-electron chi connectivity index (χ3n) is 4.09. The molecular formula is C15H22N2O3S. The van der Waals surface area contributed by atoms with Gasteiger partial charge in [0.25, 0.3) is 0 Å². The van der Waals surface area contributed by atoms with Gasteiger partial charge in [-0.2, -0.15) is 0 Å². The fourth-order valence-electron chi connectivity index (χ4n) is 2.61. The molecule has 2 heterocycles. The number of carbonyl (C=O) groups excluding carboxylic acids is 1. The molecule has 0 aliphatic carbocycles. The highest BCUT2D eigenvalue weighted by atomic mass is 32.1. The van der Waals surface area contributed by atoms with E-state index in [9.17, 15) is 9.59 Å². The summed E-state index contributed by atoms with van der Waals surface area (Å²) in [7, 11) is 0. The molecule has 1 saturated heterocycles. The molecule has 5 nitrogen and oxygen atoms in total. The molecule has 21 heavy (non-hydrogen) atoms. The number of amides is 2. The van der Waals surface area contributed by atoms with Crippen LogP contribution in [0.5, 0.6) is 0 Å². The van der Waals surface area contributed by atoms with E-state index in [1.54, 1.807) is 16.2 Å². The van der Waals surface area contributed by atoms with Crippen LogP contribution in [0.25, 0.3) is 0 Å². The summed E-state index contributed by atoms with van der Waals surface area (Å²) >= 11 is 1.68. The summed E-state index contributed by atoms with van der Waals surface area (Å²) < 4.78 is 0. The third kappa shape index (κ3) is 3.56. The maximum Gasteiger partial charge on any atom is 0.317 e. The normalized spacial score (nSPS) is 22.3. The molecule has 0 spiro atoms. The van der Waals surface area contributed by atoms with Gasteiger partial charge in [-0.1, -0.05) is 26.8 Å². The van der Waals surface area contributed by atoms with Gasteiger partial charge in [0.15, 0.2) is 0 Å².